The summed E-state index contributed by atoms with van der Waals surface area (Å²) in [5, 5.41) is 8.89. The van der Waals surface area contributed by atoms with Gasteiger partial charge in [0.1, 0.15) is 11.3 Å². The Morgan fingerprint density at radius 3 is 2.69 bits per heavy atom. The minimum atomic E-state index is -1.19. The van der Waals surface area contributed by atoms with Crippen molar-refractivity contribution in [3.63, 3.8) is 0 Å². The molecule has 0 amide bonds. The Labute approximate surface area is 95.0 Å². The summed E-state index contributed by atoms with van der Waals surface area (Å²) in [5.41, 5.74) is 5.44. The molecule has 0 aromatic heterocycles. The highest BCUT2D eigenvalue weighted by atomic mass is 16.5. The smallest absolute Gasteiger partial charge is 0.323 e. The van der Waals surface area contributed by atoms with E-state index in [4.69, 9.17) is 15.6 Å². The van der Waals surface area contributed by atoms with E-state index in [1.807, 2.05) is 24.3 Å². The zero-order valence-corrected chi connectivity index (χ0v) is 9.56. The Morgan fingerprint density at radius 2 is 2.12 bits per heavy atom. The van der Waals surface area contributed by atoms with Crippen molar-refractivity contribution in [2.75, 3.05) is 7.11 Å². The Kier molecular flexibility index (Phi) is 3.90. The van der Waals surface area contributed by atoms with E-state index < -0.39 is 11.5 Å². The lowest BCUT2D eigenvalue weighted by Gasteiger charge is -2.19. The number of aryl methyl sites for hydroxylation is 1. The minimum Gasteiger partial charge on any atom is -0.496 e. The maximum Gasteiger partial charge on any atom is 0.323 e. The summed E-state index contributed by atoms with van der Waals surface area (Å²) in [7, 11) is 1.59. The molecule has 0 saturated carbocycles. The molecule has 0 heterocycles. The number of aliphatic carboxylic acids is 1. The van der Waals surface area contributed by atoms with E-state index in [1.165, 1.54) is 6.92 Å². The molecule has 3 N–H and O–H groups in total. The van der Waals surface area contributed by atoms with Gasteiger partial charge in [0, 0.05) is 0 Å². The molecule has 88 valence electrons. The van der Waals surface area contributed by atoms with Gasteiger partial charge in [0.15, 0.2) is 0 Å². The molecule has 0 radical (unpaired) electrons. The van der Waals surface area contributed by atoms with Crippen LogP contribution in [0.25, 0.3) is 0 Å². The molecule has 1 unspecified atom stereocenters. The fourth-order valence-corrected chi connectivity index (χ4v) is 1.41. The monoisotopic (exact) mass is 223 g/mol. The molecule has 0 saturated heterocycles. The van der Waals surface area contributed by atoms with Gasteiger partial charge >= 0.3 is 5.97 Å². The summed E-state index contributed by atoms with van der Waals surface area (Å²) >= 11 is 0. The number of carboxylic acids is 1. The molecule has 1 atom stereocenters. The van der Waals surface area contributed by atoms with Crippen LogP contribution in [0.5, 0.6) is 5.75 Å². The molecular formula is C12H17NO3. The number of hydrogen-bond acceptors (Lipinski definition) is 3. The third-order valence-electron chi connectivity index (χ3n) is 2.59. The maximum atomic E-state index is 10.8. The van der Waals surface area contributed by atoms with Crippen molar-refractivity contribution < 1.29 is 14.6 Å². The molecule has 0 fully saturated rings. The molecular weight excluding hydrogens is 206 g/mol. The number of methoxy groups -OCH3 is 1. The first kappa shape index (κ1) is 12.5. The number of carbonyl (C=O) groups is 1. The Hall–Kier alpha value is -1.55. The summed E-state index contributed by atoms with van der Waals surface area (Å²) in [6, 6.07) is 7.54. The molecule has 0 aliphatic carbocycles. The molecule has 0 aliphatic heterocycles. The SMILES string of the molecule is COc1ccccc1CCC(C)(N)C(=O)O. The van der Waals surface area contributed by atoms with Crippen molar-refractivity contribution in [2.24, 2.45) is 5.73 Å². The van der Waals surface area contributed by atoms with Gasteiger partial charge in [-0.25, -0.2) is 0 Å². The third kappa shape index (κ3) is 2.97. The van der Waals surface area contributed by atoms with E-state index in [2.05, 4.69) is 0 Å². The summed E-state index contributed by atoms with van der Waals surface area (Å²) < 4.78 is 5.18. The maximum absolute atomic E-state index is 10.8. The normalized spacial score (nSPS) is 14.2. The second-order valence-corrected chi connectivity index (χ2v) is 4.03. The molecule has 1 aromatic rings. The van der Waals surface area contributed by atoms with Crippen LogP contribution in [0.4, 0.5) is 0 Å². The summed E-state index contributed by atoms with van der Waals surface area (Å²) in [4.78, 5) is 10.8. The number of nitrogens with two attached hydrogens (primary N) is 1. The van der Waals surface area contributed by atoms with Gasteiger partial charge < -0.3 is 15.6 Å². The van der Waals surface area contributed by atoms with Crippen LogP contribution in [0.1, 0.15) is 18.9 Å². The number of para-hydroxylation sites is 1. The first-order valence-corrected chi connectivity index (χ1v) is 5.11. The molecule has 1 rings (SSSR count). The van der Waals surface area contributed by atoms with Crippen LogP contribution in [-0.2, 0) is 11.2 Å². The first-order valence-electron chi connectivity index (χ1n) is 5.11. The van der Waals surface area contributed by atoms with Gasteiger partial charge in [-0.3, -0.25) is 4.79 Å². The topological polar surface area (TPSA) is 72.5 Å². The van der Waals surface area contributed by atoms with Crippen molar-refractivity contribution in [1.29, 1.82) is 0 Å². The van der Waals surface area contributed by atoms with Gasteiger partial charge in [0.2, 0.25) is 0 Å². The van der Waals surface area contributed by atoms with Crippen LogP contribution in [-0.4, -0.2) is 23.7 Å². The number of rotatable bonds is 5. The molecule has 0 bridgehead atoms. The lowest BCUT2D eigenvalue weighted by Crippen LogP contribution is -2.45. The van der Waals surface area contributed by atoms with Crippen molar-refractivity contribution in [3.8, 4) is 5.75 Å². The molecule has 16 heavy (non-hydrogen) atoms. The molecule has 1 aromatic carbocycles. The first-order chi connectivity index (χ1) is 7.47. The molecule has 0 spiro atoms. The van der Waals surface area contributed by atoms with Crippen molar-refractivity contribution in [2.45, 2.75) is 25.3 Å². The highest BCUT2D eigenvalue weighted by Gasteiger charge is 2.27. The minimum absolute atomic E-state index is 0.378. The Morgan fingerprint density at radius 1 is 1.50 bits per heavy atom. The van der Waals surface area contributed by atoms with E-state index in [-0.39, 0.29) is 0 Å². The predicted molar refractivity (Wildman–Crippen MR) is 61.5 cm³/mol. The second-order valence-electron chi connectivity index (χ2n) is 4.03. The number of carboxylic acid groups (broad SMARTS) is 1. The van der Waals surface area contributed by atoms with Crippen LogP contribution in [0.2, 0.25) is 0 Å². The lowest BCUT2D eigenvalue weighted by molar-refractivity contribution is -0.142. The van der Waals surface area contributed by atoms with Gasteiger partial charge in [-0.05, 0) is 31.4 Å². The van der Waals surface area contributed by atoms with Crippen LogP contribution in [0.15, 0.2) is 24.3 Å². The van der Waals surface area contributed by atoms with Crippen LogP contribution in [0.3, 0.4) is 0 Å². The van der Waals surface area contributed by atoms with Gasteiger partial charge in [-0.2, -0.15) is 0 Å². The van der Waals surface area contributed by atoms with E-state index in [0.29, 0.717) is 12.8 Å². The van der Waals surface area contributed by atoms with Crippen molar-refractivity contribution in [1.82, 2.24) is 0 Å². The third-order valence-corrected chi connectivity index (χ3v) is 2.59. The van der Waals surface area contributed by atoms with Crippen LogP contribution >= 0.6 is 0 Å². The summed E-state index contributed by atoms with van der Waals surface area (Å²) in [5.74, 6) is -0.217. The standard InChI is InChI=1S/C12H17NO3/c1-12(13,11(14)15)8-7-9-5-3-4-6-10(9)16-2/h3-6H,7-8,13H2,1-2H3,(H,14,15). The number of benzene rings is 1. The van der Waals surface area contributed by atoms with Gasteiger partial charge in [-0.1, -0.05) is 18.2 Å². The van der Waals surface area contributed by atoms with E-state index in [1.54, 1.807) is 7.11 Å². The van der Waals surface area contributed by atoms with Gasteiger partial charge in [-0.15, -0.1) is 0 Å². The van der Waals surface area contributed by atoms with E-state index in [0.717, 1.165) is 11.3 Å². The quantitative estimate of drug-likeness (QED) is 0.792. The van der Waals surface area contributed by atoms with Crippen molar-refractivity contribution in [3.05, 3.63) is 29.8 Å². The average Bonchev–Trinajstić information content (AvgIpc) is 2.26. The van der Waals surface area contributed by atoms with Crippen LogP contribution < -0.4 is 10.5 Å². The largest absolute Gasteiger partial charge is 0.496 e. The van der Waals surface area contributed by atoms with E-state index >= 15 is 0 Å². The van der Waals surface area contributed by atoms with E-state index in [9.17, 15) is 4.79 Å². The number of hydrogen-bond donors (Lipinski definition) is 2. The molecule has 0 aliphatic rings. The Balaban J connectivity index is 2.71. The average molecular weight is 223 g/mol. The van der Waals surface area contributed by atoms with Crippen molar-refractivity contribution >= 4 is 5.97 Å². The zero-order chi connectivity index (χ0) is 12.2. The molecule has 4 nitrogen and oxygen atoms in total. The summed E-state index contributed by atoms with van der Waals surface area (Å²) in [6.07, 6.45) is 0.964. The predicted octanol–water partition coefficient (Wildman–Crippen LogP) is 1.43. The van der Waals surface area contributed by atoms with Gasteiger partial charge in [0.05, 0.1) is 7.11 Å². The highest BCUT2D eigenvalue weighted by molar-refractivity contribution is 5.77. The fraction of sp³-hybridized carbons (Fsp3) is 0.417. The molecule has 4 heteroatoms. The number of ether oxygens (including phenoxy) is 1. The zero-order valence-electron chi connectivity index (χ0n) is 9.56. The fourth-order valence-electron chi connectivity index (χ4n) is 1.41. The van der Waals surface area contributed by atoms with Crippen LogP contribution in [0, 0.1) is 0 Å². The summed E-state index contributed by atoms with van der Waals surface area (Å²) in [6.45, 7) is 1.52. The second kappa shape index (κ2) is 4.99. The van der Waals surface area contributed by atoms with Gasteiger partial charge in [0.25, 0.3) is 0 Å². The Bertz CT molecular complexity index is 374. The lowest BCUT2D eigenvalue weighted by atomic mass is 9.94. The highest BCUT2D eigenvalue weighted by Crippen LogP contribution is 2.21.